The summed E-state index contributed by atoms with van der Waals surface area (Å²) >= 11 is 9.25. The van der Waals surface area contributed by atoms with Gasteiger partial charge in [-0.15, -0.1) is 0 Å². The van der Waals surface area contributed by atoms with Crippen LogP contribution >= 0.6 is 27.5 Å². The molecule has 0 fully saturated rings. The SMILES string of the molecule is CC(Oc1ccccc1Br)C(=O)Nc1cccc(Cl)c1. The van der Waals surface area contributed by atoms with Crippen molar-refractivity contribution < 1.29 is 9.53 Å². The maximum absolute atomic E-state index is 12.0. The van der Waals surface area contributed by atoms with Gasteiger partial charge in [0.15, 0.2) is 6.10 Å². The lowest BCUT2D eigenvalue weighted by Gasteiger charge is -2.15. The lowest BCUT2D eigenvalue weighted by atomic mass is 10.3. The van der Waals surface area contributed by atoms with E-state index in [2.05, 4.69) is 21.2 Å². The van der Waals surface area contributed by atoms with Crippen LogP contribution in [0.5, 0.6) is 5.75 Å². The zero-order valence-corrected chi connectivity index (χ0v) is 13.1. The number of para-hydroxylation sites is 1. The lowest BCUT2D eigenvalue weighted by Crippen LogP contribution is -2.30. The normalized spacial score (nSPS) is 11.8. The van der Waals surface area contributed by atoms with Crippen molar-refractivity contribution in [3.63, 3.8) is 0 Å². The molecule has 2 aromatic carbocycles. The van der Waals surface area contributed by atoms with Gasteiger partial charge in [-0.2, -0.15) is 0 Å². The van der Waals surface area contributed by atoms with E-state index < -0.39 is 6.10 Å². The monoisotopic (exact) mass is 353 g/mol. The summed E-state index contributed by atoms with van der Waals surface area (Å²) in [5.74, 6) is 0.393. The topological polar surface area (TPSA) is 38.3 Å². The Labute approximate surface area is 131 Å². The number of halogens is 2. The van der Waals surface area contributed by atoms with Gasteiger partial charge in [-0.05, 0) is 53.2 Å². The largest absolute Gasteiger partial charge is 0.480 e. The number of ether oxygens (including phenoxy) is 1. The summed E-state index contributed by atoms with van der Waals surface area (Å²) in [6.07, 6.45) is -0.618. The molecule has 0 aromatic heterocycles. The van der Waals surface area contributed by atoms with Crippen LogP contribution in [0.4, 0.5) is 5.69 Å². The van der Waals surface area contributed by atoms with Gasteiger partial charge >= 0.3 is 0 Å². The Morgan fingerprint density at radius 1 is 1.25 bits per heavy atom. The van der Waals surface area contributed by atoms with Gasteiger partial charge < -0.3 is 10.1 Å². The molecule has 0 aliphatic heterocycles. The van der Waals surface area contributed by atoms with E-state index in [1.165, 1.54) is 0 Å². The molecule has 3 nitrogen and oxygen atoms in total. The predicted octanol–water partition coefficient (Wildman–Crippen LogP) is 4.51. The molecular formula is C15H13BrClNO2. The number of carbonyl (C=O) groups is 1. The molecule has 20 heavy (non-hydrogen) atoms. The maximum atomic E-state index is 12.0. The summed E-state index contributed by atoms with van der Waals surface area (Å²) in [6, 6.07) is 14.4. The summed E-state index contributed by atoms with van der Waals surface area (Å²) in [7, 11) is 0. The number of anilines is 1. The number of hydrogen-bond donors (Lipinski definition) is 1. The fourth-order valence-electron chi connectivity index (χ4n) is 1.59. The predicted molar refractivity (Wildman–Crippen MR) is 84.3 cm³/mol. The fraction of sp³-hybridized carbons (Fsp3) is 0.133. The Kier molecular flexibility index (Phi) is 5.04. The van der Waals surface area contributed by atoms with Crippen molar-refractivity contribution in [3.05, 3.63) is 58.0 Å². The Morgan fingerprint density at radius 2 is 2.00 bits per heavy atom. The van der Waals surface area contributed by atoms with Gasteiger partial charge in [-0.3, -0.25) is 4.79 Å². The fourth-order valence-corrected chi connectivity index (χ4v) is 2.16. The Balaban J connectivity index is 2.01. The van der Waals surface area contributed by atoms with Gasteiger partial charge in [0.1, 0.15) is 5.75 Å². The van der Waals surface area contributed by atoms with Gasteiger partial charge in [-0.25, -0.2) is 0 Å². The second kappa shape index (κ2) is 6.77. The van der Waals surface area contributed by atoms with Crippen LogP contribution in [0.1, 0.15) is 6.92 Å². The number of amides is 1. The molecule has 2 rings (SSSR count). The highest BCUT2D eigenvalue weighted by Gasteiger charge is 2.16. The Bertz CT molecular complexity index is 618. The van der Waals surface area contributed by atoms with Crippen molar-refractivity contribution >= 4 is 39.1 Å². The number of carbonyl (C=O) groups excluding carboxylic acids is 1. The number of rotatable bonds is 4. The highest BCUT2D eigenvalue weighted by molar-refractivity contribution is 9.10. The third kappa shape index (κ3) is 3.99. The molecule has 0 heterocycles. The van der Waals surface area contributed by atoms with Crippen molar-refractivity contribution in [2.24, 2.45) is 0 Å². The minimum Gasteiger partial charge on any atom is -0.480 e. The summed E-state index contributed by atoms with van der Waals surface area (Å²) in [6.45, 7) is 1.69. The van der Waals surface area contributed by atoms with Crippen molar-refractivity contribution in [3.8, 4) is 5.75 Å². The minimum absolute atomic E-state index is 0.233. The van der Waals surface area contributed by atoms with Gasteiger partial charge in [0.2, 0.25) is 0 Å². The first-order chi connectivity index (χ1) is 9.56. The molecule has 2 aromatic rings. The number of benzene rings is 2. The van der Waals surface area contributed by atoms with E-state index >= 15 is 0 Å². The zero-order chi connectivity index (χ0) is 14.5. The van der Waals surface area contributed by atoms with Gasteiger partial charge in [0, 0.05) is 10.7 Å². The summed E-state index contributed by atoms with van der Waals surface area (Å²) in [4.78, 5) is 12.0. The summed E-state index contributed by atoms with van der Waals surface area (Å²) in [5.41, 5.74) is 0.644. The summed E-state index contributed by atoms with van der Waals surface area (Å²) < 4.78 is 6.43. The van der Waals surface area contributed by atoms with Gasteiger partial charge in [-0.1, -0.05) is 29.8 Å². The standard InChI is InChI=1S/C15H13BrClNO2/c1-10(20-14-8-3-2-7-13(14)16)15(19)18-12-6-4-5-11(17)9-12/h2-10H,1H3,(H,18,19). The molecule has 1 atom stereocenters. The molecule has 0 bridgehead atoms. The molecule has 1 unspecified atom stereocenters. The van der Waals surface area contributed by atoms with E-state index in [9.17, 15) is 4.79 Å². The second-order valence-electron chi connectivity index (χ2n) is 4.19. The molecule has 0 radical (unpaired) electrons. The molecule has 0 aliphatic carbocycles. The van der Waals surface area contributed by atoms with Crippen LogP contribution in [0.25, 0.3) is 0 Å². The van der Waals surface area contributed by atoms with Crippen molar-refractivity contribution in [2.75, 3.05) is 5.32 Å². The van der Waals surface area contributed by atoms with Crippen LogP contribution in [-0.2, 0) is 4.79 Å². The van der Waals surface area contributed by atoms with Crippen LogP contribution in [0.2, 0.25) is 5.02 Å². The third-order valence-electron chi connectivity index (χ3n) is 2.60. The first kappa shape index (κ1) is 14.9. The third-order valence-corrected chi connectivity index (χ3v) is 3.49. The van der Waals surface area contributed by atoms with Crippen LogP contribution in [-0.4, -0.2) is 12.0 Å². The second-order valence-corrected chi connectivity index (χ2v) is 5.48. The zero-order valence-electron chi connectivity index (χ0n) is 10.8. The van der Waals surface area contributed by atoms with Gasteiger partial charge in [0.05, 0.1) is 4.47 Å². The first-order valence-electron chi connectivity index (χ1n) is 6.04. The quantitative estimate of drug-likeness (QED) is 0.877. The van der Waals surface area contributed by atoms with Crippen LogP contribution in [0.15, 0.2) is 53.0 Å². The summed E-state index contributed by atoms with van der Waals surface area (Å²) in [5, 5.41) is 3.33. The molecule has 0 saturated heterocycles. The Morgan fingerprint density at radius 3 is 2.70 bits per heavy atom. The maximum Gasteiger partial charge on any atom is 0.265 e. The van der Waals surface area contributed by atoms with Gasteiger partial charge in [0.25, 0.3) is 5.91 Å². The molecule has 5 heteroatoms. The van der Waals surface area contributed by atoms with E-state index in [1.54, 1.807) is 37.3 Å². The van der Waals surface area contributed by atoms with Crippen molar-refractivity contribution in [1.82, 2.24) is 0 Å². The van der Waals surface area contributed by atoms with Crippen molar-refractivity contribution in [2.45, 2.75) is 13.0 Å². The average Bonchev–Trinajstić information content (AvgIpc) is 2.41. The van der Waals surface area contributed by atoms with Crippen LogP contribution in [0.3, 0.4) is 0 Å². The number of nitrogens with one attached hydrogen (secondary N) is 1. The lowest BCUT2D eigenvalue weighted by molar-refractivity contribution is -0.122. The van der Waals surface area contributed by atoms with E-state index in [0.29, 0.717) is 16.5 Å². The average molecular weight is 355 g/mol. The molecular weight excluding hydrogens is 342 g/mol. The Hall–Kier alpha value is -1.52. The number of hydrogen-bond acceptors (Lipinski definition) is 2. The van der Waals surface area contributed by atoms with E-state index in [4.69, 9.17) is 16.3 Å². The van der Waals surface area contributed by atoms with E-state index in [0.717, 1.165) is 4.47 Å². The van der Waals surface area contributed by atoms with Crippen LogP contribution < -0.4 is 10.1 Å². The molecule has 0 saturated carbocycles. The molecule has 104 valence electrons. The highest BCUT2D eigenvalue weighted by atomic mass is 79.9. The molecule has 0 aliphatic rings. The van der Waals surface area contributed by atoms with E-state index in [1.807, 2.05) is 18.2 Å². The van der Waals surface area contributed by atoms with Crippen molar-refractivity contribution in [1.29, 1.82) is 0 Å². The molecule has 1 amide bonds. The van der Waals surface area contributed by atoms with Crippen LogP contribution in [0, 0.1) is 0 Å². The van der Waals surface area contributed by atoms with E-state index in [-0.39, 0.29) is 5.91 Å². The smallest absolute Gasteiger partial charge is 0.265 e. The molecule has 0 spiro atoms. The highest BCUT2D eigenvalue weighted by Crippen LogP contribution is 2.25. The minimum atomic E-state index is -0.618. The first-order valence-corrected chi connectivity index (χ1v) is 7.21. The molecule has 1 N–H and O–H groups in total.